The van der Waals surface area contributed by atoms with Crippen molar-refractivity contribution in [2.24, 2.45) is 0 Å². The largest absolute Gasteiger partial charge is 0.345 e. The Morgan fingerprint density at radius 3 is 1.68 bits per heavy atom. The third kappa shape index (κ3) is 9.81. The summed E-state index contributed by atoms with van der Waals surface area (Å²) in [5.74, 6) is 0. The number of hydrogen-bond acceptors (Lipinski definition) is 2. The first-order valence-corrected chi connectivity index (χ1v) is 9.71. The van der Waals surface area contributed by atoms with E-state index < -0.39 is 0 Å². The lowest BCUT2D eigenvalue weighted by molar-refractivity contribution is -0.960. The molecule has 0 fully saturated rings. The highest BCUT2D eigenvalue weighted by atomic mass is 16.3. The first kappa shape index (κ1) is 21.9. The highest BCUT2D eigenvalue weighted by molar-refractivity contribution is 4.56. The van der Waals surface area contributed by atoms with E-state index in [1.807, 2.05) is 6.92 Å². The van der Waals surface area contributed by atoms with Crippen molar-refractivity contribution in [2.45, 2.75) is 104 Å². The van der Waals surface area contributed by atoms with E-state index in [4.69, 9.17) is 0 Å². The average Bonchev–Trinajstić information content (AvgIpc) is 2.48. The zero-order chi connectivity index (χ0) is 16.8. The van der Waals surface area contributed by atoms with Gasteiger partial charge in [-0.1, -0.05) is 71.6 Å². The average molecular weight is 316 g/mol. The monoisotopic (exact) mass is 315 g/mol. The summed E-state index contributed by atoms with van der Waals surface area (Å²) in [6.45, 7) is 7.42. The Bertz CT molecular complexity index is 242. The number of aliphatic hydroxyl groups excluding tert-OH is 1. The Morgan fingerprint density at radius 1 is 0.818 bits per heavy atom. The van der Waals surface area contributed by atoms with Crippen molar-refractivity contribution < 1.29 is 9.59 Å². The van der Waals surface area contributed by atoms with Gasteiger partial charge in [-0.25, -0.2) is 0 Å². The summed E-state index contributed by atoms with van der Waals surface area (Å²) in [7, 11) is 4.20. The zero-order valence-electron chi connectivity index (χ0n) is 16.0. The van der Waals surface area contributed by atoms with Crippen molar-refractivity contribution in [3.05, 3.63) is 0 Å². The van der Waals surface area contributed by atoms with Gasteiger partial charge in [0.15, 0.2) is 6.23 Å². The van der Waals surface area contributed by atoms with Crippen LogP contribution in [0.25, 0.3) is 0 Å². The quantitative estimate of drug-likeness (QED) is 0.262. The molecule has 0 bridgehead atoms. The molecule has 0 aliphatic carbocycles. The lowest BCUT2D eigenvalue weighted by atomic mass is 10.1. The van der Waals surface area contributed by atoms with Gasteiger partial charge in [0.2, 0.25) is 0 Å². The van der Waals surface area contributed by atoms with Gasteiger partial charge in [0, 0.05) is 19.9 Å². The molecule has 0 aromatic rings. The van der Waals surface area contributed by atoms with Crippen LogP contribution in [0.4, 0.5) is 0 Å². The first-order chi connectivity index (χ1) is 10.5. The van der Waals surface area contributed by atoms with Gasteiger partial charge in [-0.2, -0.15) is 0 Å². The number of hydrogen-bond donors (Lipinski definition) is 2. The molecular weight excluding hydrogens is 272 g/mol. The molecule has 2 atom stereocenters. The van der Waals surface area contributed by atoms with Crippen LogP contribution in [-0.2, 0) is 0 Å². The molecule has 134 valence electrons. The summed E-state index contributed by atoms with van der Waals surface area (Å²) in [6.07, 6.45) is 14.9. The SMILES string of the molecule is CCCCCCCCCCCCNC(CC)[N+](C)(C)C(C)O. The number of nitrogens with zero attached hydrogens (tertiary/aromatic N) is 1. The van der Waals surface area contributed by atoms with Crippen LogP contribution in [0.15, 0.2) is 0 Å². The van der Waals surface area contributed by atoms with Gasteiger partial charge >= 0.3 is 0 Å². The zero-order valence-corrected chi connectivity index (χ0v) is 16.0. The third-order valence-corrected chi connectivity index (χ3v) is 5.06. The molecule has 0 amide bonds. The van der Waals surface area contributed by atoms with Crippen LogP contribution >= 0.6 is 0 Å². The second-order valence-electron chi connectivity index (χ2n) is 7.32. The van der Waals surface area contributed by atoms with E-state index in [1.165, 1.54) is 64.2 Å². The van der Waals surface area contributed by atoms with E-state index in [2.05, 4.69) is 33.3 Å². The number of aliphatic hydroxyl groups is 1. The first-order valence-electron chi connectivity index (χ1n) is 9.71. The van der Waals surface area contributed by atoms with Crippen molar-refractivity contribution in [3.63, 3.8) is 0 Å². The Balaban J connectivity index is 3.52. The molecule has 0 saturated carbocycles. The van der Waals surface area contributed by atoms with E-state index in [0.717, 1.165) is 13.0 Å². The highest BCUT2D eigenvalue weighted by Crippen LogP contribution is 2.13. The van der Waals surface area contributed by atoms with Gasteiger partial charge in [0.05, 0.1) is 14.1 Å². The Labute approximate surface area is 140 Å². The van der Waals surface area contributed by atoms with Gasteiger partial charge in [-0.3, -0.25) is 9.80 Å². The fourth-order valence-corrected chi connectivity index (χ4v) is 2.99. The highest BCUT2D eigenvalue weighted by Gasteiger charge is 2.30. The van der Waals surface area contributed by atoms with Crippen molar-refractivity contribution in [1.82, 2.24) is 5.32 Å². The number of quaternary nitrogens is 1. The standard InChI is InChI=1S/C19H43N2O/c1-6-8-9-10-11-12-13-14-15-16-17-20-19(7-2)21(4,5)18(3)22/h18-20,22H,6-17H2,1-5H3/q+1. The predicted octanol–water partition coefficient (Wildman–Crippen LogP) is 4.65. The number of nitrogens with one attached hydrogen (secondary N) is 1. The van der Waals surface area contributed by atoms with Crippen LogP contribution < -0.4 is 5.32 Å². The molecule has 0 aliphatic heterocycles. The summed E-state index contributed by atoms with van der Waals surface area (Å²) in [4.78, 5) is 0. The topological polar surface area (TPSA) is 32.3 Å². The van der Waals surface area contributed by atoms with E-state index in [-0.39, 0.29) is 6.23 Å². The maximum Gasteiger partial charge on any atom is 0.188 e. The normalized spacial score (nSPS) is 15.0. The van der Waals surface area contributed by atoms with Crippen LogP contribution in [0, 0.1) is 0 Å². The van der Waals surface area contributed by atoms with Crippen molar-refractivity contribution in [2.75, 3.05) is 20.6 Å². The van der Waals surface area contributed by atoms with E-state index in [9.17, 15) is 5.11 Å². The van der Waals surface area contributed by atoms with E-state index in [1.54, 1.807) is 0 Å². The maximum absolute atomic E-state index is 9.89. The van der Waals surface area contributed by atoms with Gasteiger partial charge in [0.25, 0.3) is 0 Å². The van der Waals surface area contributed by atoms with Gasteiger partial charge < -0.3 is 5.11 Å². The van der Waals surface area contributed by atoms with Crippen molar-refractivity contribution >= 4 is 0 Å². The molecule has 0 saturated heterocycles. The summed E-state index contributed by atoms with van der Waals surface area (Å²) >= 11 is 0. The van der Waals surface area contributed by atoms with Gasteiger partial charge in [-0.05, 0) is 6.42 Å². The van der Waals surface area contributed by atoms with Crippen LogP contribution in [0.5, 0.6) is 0 Å². The second kappa shape index (κ2) is 13.3. The van der Waals surface area contributed by atoms with Crippen LogP contribution in [0.3, 0.4) is 0 Å². The molecule has 3 heteroatoms. The van der Waals surface area contributed by atoms with Gasteiger partial charge in [0.1, 0.15) is 6.17 Å². The Kier molecular flexibility index (Phi) is 13.3. The molecule has 0 aromatic heterocycles. The molecular formula is C19H43N2O+. The summed E-state index contributed by atoms with van der Waals surface area (Å²) in [6, 6.07) is 0. The fraction of sp³-hybridized carbons (Fsp3) is 1.00. The molecule has 22 heavy (non-hydrogen) atoms. The summed E-state index contributed by atoms with van der Waals surface area (Å²) < 4.78 is 0.633. The molecule has 0 rings (SSSR count). The lowest BCUT2D eigenvalue weighted by Crippen LogP contribution is -2.60. The molecule has 0 spiro atoms. The molecule has 0 aliphatic rings. The maximum atomic E-state index is 9.89. The smallest absolute Gasteiger partial charge is 0.188 e. The fourth-order valence-electron chi connectivity index (χ4n) is 2.99. The van der Waals surface area contributed by atoms with E-state index >= 15 is 0 Å². The molecule has 0 heterocycles. The minimum atomic E-state index is -0.329. The molecule has 2 unspecified atom stereocenters. The summed E-state index contributed by atoms with van der Waals surface area (Å²) in [5.41, 5.74) is 0. The Hall–Kier alpha value is -0.120. The van der Waals surface area contributed by atoms with Crippen molar-refractivity contribution in [1.29, 1.82) is 0 Å². The molecule has 0 aromatic carbocycles. The minimum Gasteiger partial charge on any atom is -0.345 e. The molecule has 0 radical (unpaired) electrons. The van der Waals surface area contributed by atoms with Crippen LogP contribution in [-0.4, -0.2) is 42.6 Å². The minimum absolute atomic E-state index is 0.329. The second-order valence-corrected chi connectivity index (χ2v) is 7.32. The number of unbranched alkanes of at least 4 members (excludes halogenated alkanes) is 9. The van der Waals surface area contributed by atoms with Crippen LogP contribution in [0.2, 0.25) is 0 Å². The Morgan fingerprint density at radius 2 is 1.27 bits per heavy atom. The summed E-state index contributed by atoms with van der Waals surface area (Å²) in [5, 5.41) is 13.5. The number of rotatable bonds is 15. The van der Waals surface area contributed by atoms with Crippen LogP contribution in [0.1, 0.15) is 91.4 Å². The van der Waals surface area contributed by atoms with Gasteiger partial charge in [-0.15, -0.1) is 0 Å². The van der Waals surface area contributed by atoms with Crippen molar-refractivity contribution in [3.8, 4) is 0 Å². The molecule has 3 nitrogen and oxygen atoms in total. The predicted molar refractivity (Wildman–Crippen MR) is 97.7 cm³/mol. The third-order valence-electron chi connectivity index (χ3n) is 5.06. The van der Waals surface area contributed by atoms with E-state index in [0.29, 0.717) is 10.6 Å². The molecule has 2 N–H and O–H groups in total. The lowest BCUT2D eigenvalue weighted by Gasteiger charge is -2.40.